The van der Waals surface area contributed by atoms with Crippen LogP contribution in [0.2, 0.25) is 0 Å². The first-order chi connectivity index (χ1) is 11.6. The van der Waals surface area contributed by atoms with Gasteiger partial charge in [0.2, 0.25) is 0 Å². The van der Waals surface area contributed by atoms with Crippen LogP contribution in [0.5, 0.6) is 0 Å². The summed E-state index contributed by atoms with van der Waals surface area (Å²) in [6, 6.07) is 12.1. The minimum atomic E-state index is -1.23. The number of pyridine rings is 1. The van der Waals surface area contributed by atoms with Crippen molar-refractivity contribution in [2.45, 2.75) is 32.6 Å². The molecule has 0 N–H and O–H groups in total. The Morgan fingerprint density at radius 1 is 1.00 bits per heavy atom. The second kappa shape index (κ2) is 10.4. The van der Waals surface area contributed by atoms with Crippen molar-refractivity contribution in [3.05, 3.63) is 88.3 Å². The Morgan fingerprint density at radius 3 is 1.96 bits per heavy atom. The Bertz CT molecular complexity index is 791. The Kier molecular flexibility index (Phi) is 8.92. The van der Waals surface area contributed by atoms with Crippen LogP contribution in [0, 0.1) is 6.92 Å². The minimum Gasteiger partial charge on any atom is -1.00 e. The van der Waals surface area contributed by atoms with E-state index in [1.807, 2.05) is 0 Å². The van der Waals surface area contributed by atoms with Crippen LogP contribution in [0.1, 0.15) is 40.0 Å². The number of carbonyl (C=O) groups is 1. The molecule has 2 aliphatic carbocycles. The number of fused-ring (bicyclic) bond motifs is 1. The van der Waals surface area contributed by atoms with E-state index in [1.165, 1.54) is 37.9 Å². The maximum absolute atomic E-state index is 10.2. The van der Waals surface area contributed by atoms with Gasteiger partial charge in [0, 0.05) is 6.20 Å². The van der Waals surface area contributed by atoms with Gasteiger partial charge in [0.15, 0.2) is 0 Å². The Hall–Kier alpha value is -1.75. The number of halogens is 1. The molecule has 2 aliphatic rings. The topological polar surface area (TPSA) is 53.0 Å². The molecule has 0 aliphatic heterocycles. The molecule has 136 valence electrons. The van der Waals surface area contributed by atoms with E-state index in [1.54, 1.807) is 35.3 Å². The number of rotatable bonds is 1. The van der Waals surface area contributed by atoms with Gasteiger partial charge in [-0.05, 0) is 61.4 Å². The van der Waals surface area contributed by atoms with Crippen molar-refractivity contribution in [3.63, 3.8) is 0 Å². The number of carboxylic acid groups (broad SMARTS) is 1. The number of carbonyl (C=O) groups excluding carboxylic acids is 1. The van der Waals surface area contributed by atoms with Gasteiger partial charge in [0.25, 0.3) is 0 Å². The molecular weight excluding hydrogens is 524 g/mol. The van der Waals surface area contributed by atoms with Crippen LogP contribution in [0.4, 0.5) is 0 Å². The second-order valence-electron chi connectivity index (χ2n) is 6.21. The molecule has 0 fully saturated rings. The third-order valence-corrected chi connectivity index (χ3v) is 4.45. The summed E-state index contributed by atoms with van der Waals surface area (Å²) in [4.78, 5) is 13.8. The fourth-order valence-electron chi connectivity index (χ4n) is 3.14. The van der Waals surface area contributed by atoms with Crippen molar-refractivity contribution >= 4 is 5.97 Å². The van der Waals surface area contributed by atoms with Crippen molar-refractivity contribution in [1.29, 1.82) is 0 Å². The monoisotopic (exact) mass is 545 g/mol. The van der Waals surface area contributed by atoms with Crippen LogP contribution < -0.4 is 17.5 Å². The van der Waals surface area contributed by atoms with Crippen LogP contribution in [-0.4, -0.2) is 11.0 Å². The first-order valence-electron chi connectivity index (χ1n) is 8.19. The number of nitrogens with zero attached hydrogens (tertiary/aromatic N) is 1. The third kappa shape index (κ3) is 5.63. The Balaban J connectivity index is 0.000000255. The normalized spacial score (nSPS) is 13.9. The van der Waals surface area contributed by atoms with Crippen LogP contribution in [0.15, 0.2) is 65.9 Å². The van der Waals surface area contributed by atoms with Crippen LogP contribution in [-0.2, 0) is 32.6 Å². The molecule has 3 nitrogen and oxygen atoms in total. The summed E-state index contributed by atoms with van der Waals surface area (Å²) in [7, 11) is 0. The van der Waals surface area contributed by atoms with E-state index in [9.17, 15) is 9.90 Å². The Labute approximate surface area is 173 Å². The zero-order chi connectivity index (χ0) is 16.9. The van der Waals surface area contributed by atoms with Gasteiger partial charge in [-0.2, -0.15) is 0 Å². The number of hydrogen-bond acceptors (Lipinski definition) is 3. The van der Waals surface area contributed by atoms with Crippen LogP contribution >= 0.6 is 0 Å². The zero-order valence-electron chi connectivity index (χ0n) is 14.5. The number of aromatic nitrogens is 1. The van der Waals surface area contributed by atoms with E-state index in [4.69, 9.17) is 0 Å². The average Bonchev–Trinajstić information content (AvgIpc) is 2.60. The molecule has 5 heteroatoms. The quantitative estimate of drug-likeness (QED) is 0.483. The molecule has 4 rings (SSSR count). The van der Waals surface area contributed by atoms with Gasteiger partial charge in [0.1, 0.15) is 0 Å². The van der Waals surface area contributed by atoms with Crippen molar-refractivity contribution in [1.82, 2.24) is 4.98 Å². The predicted octanol–water partition coefficient (Wildman–Crippen LogP) is 0.187. The van der Waals surface area contributed by atoms with E-state index in [0.29, 0.717) is 0 Å². The van der Waals surface area contributed by atoms with E-state index in [0.717, 1.165) is 5.56 Å². The van der Waals surface area contributed by atoms with Crippen molar-refractivity contribution < 1.29 is 42.1 Å². The molecule has 2 aromatic rings. The summed E-state index contributed by atoms with van der Waals surface area (Å²) in [6.07, 6.45) is 10.8. The molecule has 26 heavy (non-hydrogen) atoms. The number of hydrogen-bond donors (Lipinski definition) is 0. The van der Waals surface area contributed by atoms with E-state index in [-0.39, 0.29) is 37.9 Å². The van der Waals surface area contributed by atoms with Crippen molar-refractivity contribution in [2.24, 2.45) is 0 Å². The molecule has 0 bridgehead atoms. The number of aryl methyl sites for hydroxylation is 1. The summed E-state index contributed by atoms with van der Waals surface area (Å²) in [5, 5.41) is 10.2. The number of carboxylic acids is 1. The SMILES string of the molecule is C1=CCC2=C(C1)Cc1ccccc1C2.Cc1ccnc(C(=O)[O-])c1.[Cl-].[Os+2]. The molecular formula is C21H20ClNO2Os. The summed E-state index contributed by atoms with van der Waals surface area (Å²) in [5.74, 6) is -1.23. The van der Waals surface area contributed by atoms with E-state index < -0.39 is 5.97 Å². The van der Waals surface area contributed by atoms with Gasteiger partial charge in [0.05, 0.1) is 11.7 Å². The molecule has 0 amide bonds. The first-order valence-corrected chi connectivity index (χ1v) is 8.19. The molecule has 1 aromatic heterocycles. The van der Waals surface area contributed by atoms with Gasteiger partial charge in [-0.15, -0.1) is 0 Å². The van der Waals surface area contributed by atoms with E-state index >= 15 is 0 Å². The van der Waals surface area contributed by atoms with E-state index in [2.05, 4.69) is 41.4 Å². The smallest absolute Gasteiger partial charge is 1.00 e. The first kappa shape index (κ1) is 22.3. The molecule has 0 radical (unpaired) electrons. The number of benzene rings is 1. The number of allylic oxidation sites excluding steroid dienone is 4. The Morgan fingerprint density at radius 2 is 1.54 bits per heavy atom. The molecule has 0 saturated carbocycles. The van der Waals surface area contributed by atoms with Gasteiger partial charge in [-0.3, -0.25) is 4.98 Å². The summed E-state index contributed by atoms with van der Waals surface area (Å²) in [6.45, 7) is 1.80. The van der Waals surface area contributed by atoms with Crippen LogP contribution in [0.3, 0.4) is 0 Å². The van der Waals surface area contributed by atoms with Crippen LogP contribution in [0.25, 0.3) is 0 Å². The molecule has 0 unspecified atom stereocenters. The zero-order valence-corrected chi connectivity index (χ0v) is 17.8. The fourth-order valence-corrected chi connectivity index (χ4v) is 3.14. The minimum absolute atomic E-state index is 0. The van der Waals surface area contributed by atoms with Crippen molar-refractivity contribution in [3.8, 4) is 0 Å². The van der Waals surface area contributed by atoms with Gasteiger partial charge in [-0.25, -0.2) is 0 Å². The maximum Gasteiger partial charge on any atom is 2.00 e. The summed E-state index contributed by atoms with van der Waals surface area (Å²) >= 11 is 0. The predicted molar refractivity (Wildman–Crippen MR) is 92.6 cm³/mol. The molecule has 0 atom stereocenters. The summed E-state index contributed by atoms with van der Waals surface area (Å²) < 4.78 is 0. The summed E-state index contributed by atoms with van der Waals surface area (Å²) in [5.41, 5.74) is 7.29. The maximum atomic E-state index is 10.2. The largest absolute Gasteiger partial charge is 2.00 e. The molecule has 1 heterocycles. The molecule has 1 aromatic carbocycles. The van der Waals surface area contributed by atoms with Gasteiger partial charge in [-0.1, -0.05) is 47.6 Å². The second-order valence-corrected chi connectivity index (χ2v) is 6.21. The molecule has 0 spiro atoms. The average molecular weight is 544 g/mol. The molecule has 0 saturated heterocycles. The third-order valence-electron chi connectivity index (χ3n) is 4.45. The van der Waals surface area contributed by atoms with Gasteiger partial charge >= 0.3 is 19.8 Å². The fraction of sp³-hybridized carbons (Fsp3) is 0.238. The standard InChI is InChI=1S/C14H14.C7H7NO2.ClH.Os/c1-2-6-12-10-14-8-4-3-7-13(14)9-11(12)5-1;1-5-2-3-8-6(4-5)7(9)10;;/h1-6H,7-10H2;2-4H,1H3,(H,9,10);1H;/q;;;+2/p-2. The van der Waals surface area contributed by atoms with Crippen molar-refractivity contribution in [2.75, 3.05) is 0 Å². The van der Waals surface area contributed by atoms with Gasteiger partial charge < -0.3 is 22.3 Å². The number of aromatic carboxylic acids is 1.